The first-order valence-electron chi connectivity index (χ1n) is 7.52. The van der Waals surface area contributed by atoms with Gasteiger partial charge in [0.1, 0.15) is 0 Å². The highest BCUT2D eigenvalue weighted by Crippen LogP contribution is 2.24. The molecule has 1 heterocycles. The molecule has 0 aromatic heterocycles. The van der Waals surface area contributed by atoms with Crippen LogP contribution in [0.4, 0.5) is 0 Å². The summed E-state index contributed by atoms with van der Waals surface area (Å²) < 4.78 is 0. The van der Waals surface area contributed by atoms with E-state index in [-0.39, 0.29) is 12.1 Å². The molecule has 2 N–H and O–H groups in total. The Kier molecular flexibility index (Phi) is 6.13. The second kappa shape index (κ2) is 7.13. The van der Waals surface area contributed by atoms with Crippen LogP contribution in [0.15, 0.2) is 0 Å². The number of hydrogen-bond acceptors (Lipinski definition) is 2. The van der Waals surface area contributed by atoms with E-state index in [1.807, 2.05) is 6.92 Å². The van der Waals surface area contributed by atoms with Gasteiger partial charge in [0, 0.05) is 25.0 Å². The summed E-state index contributed by atoms with van der Waals surface area (Å²) in [7, 11) is 0. The SMILES string of the molecule is CCC(CC(=O)N1CCCCC1C(C)N)C(C)C. The average Bonchev–Trinajstić information content (AvgIpc) is 2.35. The number of likely N-dealkylation sites (tertiary alicyclic amines) is 1. The summed E-state index contributed by atoms with van der Waals surface area (Å²) in [5, 5.41) is 0. The number of rotatable bonds is 5. The molecule has 1 fully saturated rings. The molecule has 1 rings (SSSR count). The summed E-state index contributed by atoms with van der Waals surface area (Å²) >= 11 is 0. The average molecular weight is 254 g/mol. The van der Waals surface area contributed by atoms with Crippen molar-refractivity contribution in [3.05, 3.63) is 0 Å². The van der Waals surface area contributed by atoms with Crippen LogP contribution in [0.25, 0.3) is 0 Å². The smallest absolute Gasteiger partial charge is 0.223 e. The van der Waals surface area contributed by atoms with Gasteiger partial charge in [-0.05, 0) is 38.0 Å². The van der Waals surface area contributed by atoms with Crippen molar-refractivity contribution in [3.63, 3.8) is 0 Å². The van der Waals surface area contributed by atoms with Crippen LogP contribution in [0.1, 0.15) is 59.8 Å². The van der Waals surface area contributed by atoms with Gasteiger partial charge in [0.05, 0.1) is 0 Å². The molecule has 0 aromatic rings. The van der Waals surface area contributed by atoms with Gasteiger partial charge in [0.15, 0.2) is 0 Å². The van der Waals surface area contributed by atoms with Crippen LogP contribution in [0.2, 0.25) is 0 Å². The molecular formula is C15H30N2O. The number of nitrogens with zero attached hydrogens (tertiary/aromatic N) is 1. The monoisotopic (exact) mass is 254 g/mol. The second-order valence-corrected chi connectivity index (χ2v) is 6.13. The van der Waals surface area contributed by atoms with Gasteiger partial charge >= 0.3 is 0 Å². The van der Waals surface area contributed by atoms with Gasteiger partial charge < -0.3 is 10.6 Å². The van der Waals surface area contributed by atoms with Gasteiger partial charge in [-0.2, -0.15) is 0 Å². The van der Waals surface area contributed by atoms with Crippen LogP contribution in [-0.4, -0.2) is 29.4 Å². The van der Waals surface area contributed by atoms with Crippen molar-refractivity contribution in [3.8, 4) is 0 Å². The minimum absolute atomic E-state index is 0.0911. The van der Waals surface area contributed by atoms with Crippen molar-refractivity contribution in [2.75, 3.05) is 6.54 Å². The Hall–Kier alpha value is -0.570. The molecule has 3 nitrogen and oxygen atoms in total. The third-order valence-corrected chi connectivity index (χ3v) is 4.38. The number of hydrogen-bond donors (Lipinski definition) is 1. The van der Waals surface area contributed by atoms with E-state index in [1.165, 1.54) is 6.42 Å². The van der Waals surface area contributed by atoms with E-state index in [9.17, 15) is 4.79 Å². The predicted molar refractivity (Wildman–Crippen MR) is 76.2 cm³/mol. The molecule has 1 aliphatic heterocycles. The maximum atomic E-state index is 12.5. The molecule has 3 atom stereocenters. The fourth-order valence-corrected chi connectivity index (χ4v) is 3.01. The third kappa shape index (κ3) is 3.98. The van der Waals surface area contributed by atoms with Gasteiger partial charge in [0.25, 0.3) is 0 Å². The molecule has 0 bridgehead atoms. The van der Waals surface area contributed by atoms with E-state index in [1.54, 1.807) is 0 Å². The van der Waals surface area contributed by atoms with Crippen molar-refractivity contribution in [1.29, 1.82) is 0 Å². The Balaban J connectivity index is 2.63. The van der Waals surface area contributed by atoms with Crippen LogP contribution >= 0.6 is 0 Å². The Bertz CT molecular complexity index is 263. The highest BCUT2D eigenvalue weighted by atomic mass is 16.2. The molecule has 0 radical (unpaired) electrons. The largest absolute Gasteiger partial charge is 0.338 e. The van der Waals surface area contributed by atoms with E-state index in [0.717, 1.165) is 25.8 Å². The normalized spacial score (nSPS) is 24.1. The summed E-state index contributed by atoms with van der Waals surface area (Å²) in [6.07, 6.45) is 5.18. The first-order chi connectivity index (χ1) is 8.47. The molecule has 18 heavy (non-hydrogen) atoms. The summed E-state index contributed by atoms with van der Waals surface area (Å²) in [4.78, 5) is 14.5. The van der Waals surface area contributed by atoms with E-state index in [2.05, 4.69) is 25.7 Å². The summed E-state index contributed by atoms with van der Waals surface area (Å²) in [5.41, 5.74) is 6.02. The summed E-state index contributed by atoms with van der Waals surface area (Å²) in [6.45, 7) is 9.52. The van der Waals surface area contributed by atoms with Crippen LogP contribution in [0.5, 0.6) is 0 Å². The standard InChI is InChI=1S/C15H30N2O/c1-5-13(11(2)3)10-15(18)17-9-7-6-8-14(17)12(4)16/h11-14H,5-10,16H2,1-4H3. The van der Waals surface area contributed by atoms with Crippen molar-refractivity contribution in [1.82, 2.24) is 4.90 Å². The maximum Gasteiger partial charge on any atom is 0.223 e. The molecule has 0 aromatic carbocycles. The number of nitrogens with two attached hydrogens (primary N) is 1. The lowest BCUT2D eigenvalue weighted by molar-refractivity contribution is -0.136. The third-order valence-electron chi connectivity index (χ3n) is 4.38. The van der Waals surface area contributed by atoms with E-state index >= 15 is 0 Å². The van der Waals surface area contributed by atoms with Crippen molar-refractivity contribution >= 4 is 5.91 Å². The highest BCUT2D eigenvalue weighted by Gasteiger charge is 2.30. The second-order valence-electron chi connectivity index (χ2n) is 6.13. The molecular weight excluding hydrogens is 224 g/mol. The minimum Gasteiger partial charge on any atom is -0.338 e. The lowest BCUT2D eigenvalue weighted by atomic mass is 9.88. The zero-order chi connectivity index (χ0) is 13.7. The molecule has 1 saturated heterocycles. The first-order valence-corrected chi connectivity index (χ1v) is 7.52. The van der Waals surface area contributed by atoms with Crippen molar-refractivity contribution < 1.29 is 4.79 Å². The van der Waals surface area contributed by atoms with Crippen molar-refractivity contribution in [2.45, 2.75) is 71.9 Å². The molecule has 0 saturated carbocycles. The quantitative estimate of drug-likeness (QED) is 0.820. The zero-order valence-electron chi connectivity index (χ0n) is 12.5. The van der Waals surface area contributed by atoms with Gasteiger partial charge in [-0.1, -0.05) is 27.2 Å². The summed E-state index contributed by atoms with van der Waals surface area (Å²) in [6, 6.07) is 0.351. The van der Waals surface area contributed by atoms with Crippen LogP contribution in [0, 0.1) is 11.8 Å². The molecule has 0 aliphatic carbocycles. The molecule has 0 spiro atoms. The predicted octanol–water partition coefficient (Wildman–Crippen LogP) is 2.79. The fraction of sp³-hybridized carbons (Fsp3) is 0.933. The molecule has 106 valence electrons. The Morgan fingerprint density at radius 1 is 1.33 bits per heavy atom. The minimum atomic E-state index is 0.0911. The van der Waals surface area contributed by atoms with Crippen LogP contribution < -0.4 is 5.73 Å². The Morgan fingerprint density at radius 2 is 2.00 bits per heavy atom. The van der Waals surface area contributed by atoms with E-state index < -0.39 is 0 Å². The Labute approximate surface area is 112 Å². The van der Waals surface area contributed by atoms with E-state index in [0.29, 0.717) is 24.2 Å². The molecule has 3 unspecified atom stereocenters. The number of carbonyl (C=O) groups is 1. The zero-order valence-corrected chi connectivity index (χ0v) is 12.5. The lowest BCUT2D eigenvalue weighted by Crippen LogP contribution is -2.52. The summed E-state index contributed by atoms with van der Waals surface area (Å²) in [5.74, 6) is 1.41. The van der Waals surface area contributed by atoms with Gasteiger partial charge in [0.2, 0.25) is 5.91 Å². The number of piperidine rings is 1. The van der Waals surface area contributed by atoms with Crippen LogP contribution in [-0.2, 0) is 4.79 Å². The maximum absolute atomic E-state index is 12.5. The topological polar surface area (TPSA) is 46.3 Å². The first kappa shape index (κ1) is 15.5. The molecule has 1 amide bonds. The lowest BCUT2D eigenvalue weighted by Gasteiger charge is -2.39. The van der Waals surface area contributed by atoms with Gasteiger partial charge in [-0.15, -0.1) is 0 Å². The van der Waals surface area contributed by atoms with E-state index in [4.69, 9.17) is 5.73 Å². The molecule has 1 aliphatic rings. The van der Waals surface area contributed by atoms with Crippen LogP contribution in [0.3, 0.4) is 0 Å². The Morgan fingerprint density at radius 3 is 2.50 bits per heavy atom. The van der Waals surface area contributed by atoms with Gasteiger partial charge in [-0.25, -0.2) is 0 Å². The number of carbonyl (C=O) groups excluding carboxylic acids is 1. The molecule has 3 heteroatoms. The highest BCUT2D eigenvalue weighted by molar-refractivity contribution is 5.77. The van der Waals surface area contributed by atoms with Gasteiger partial charge in [-0.3, -0.25) is 4.79 Å². The number of amides is 1. The van der Waals surface area contributed by atoms with Crippen molar-refractivity contribution in [2.24, 2.45) is 17.6 Å². The fourth-order valence-electron chi connectivity index (χ4n) is 3.01.